The molecule has 2 rings (SSSR count). The van der Waals surface area contributed by atoms with Crippen molar-refractivity contribution in [3.63, 3.8) is 0 Å². The average molecular weight is 335 g/mol. The van der Waals surface area contributed by atoms with E-state index in [1.165, 1.54) is 9.09 Å². The average Bonchev–Trinajstić information content (AvgIpc) is 2.54. The lowest BCUT2D eigenvalue weighted by molar-refractivity contribution is 0.597. The minimum Gasteiger partial charge on any atom is -0.324 e. The smallest absolute Gasteiger partial charge is 0.125 e. The van der Waals surface area contributed by atoms with Gasteiger partial charge in [0.2, 0.25) is 0 Å². The van der Waals surface area contributed by atoms with E-state index in [0.29, 0.717) is 11.9 Å². The fourth-order valence-electron chi connectivity index (χ4n) is 1.79. The van der Waals surface area contributed by atoms with Crippen molar-refractivity contribution in [2.24, 2.45) is 0 Å². The number of benzene rings is 1. The molecule has 0 bridgehead atoms. The van der Waals surface area contributed by atoms with Crippen LogP contribution in [-0.4, -0.2) is 9.55 Å². The lowest BCUT2D eigenvalue weighted by Crippen LogP contribution is -2.04. The Morgan fingerprint density at radius 1 is 1.47 bits per heavy atom. The van der Waals surface area contributed by atoms with Crippen molar-refractivity contribution in [3.05, 3.63) is 27.6 Å². The van der Waals surface area contributed by atoms with E-state index in [4.69, 9.17) is 11.6 Å². The first-order valence-electron chi connectivity index (χ1n) is 4.86. The topological polar surface area (TPSA) is 17.8 Å². The first-order valence-corrected chi connectivity index (χ1v) is 6.47. The SMILES string of the molecule is CC(C)n1c(CCl)nc2cc(I)ccc21. The van der Waals surface area contributed by atoms with Gasteiger partial charge in [0.15, 0.2) is 0 Å². The maximum absolute atomic E-state index is 5.90. The van der Waals surface area contributed by atoms with Crippen LogP contribution in [0.4, 0.5) is 0 Å². The number of hydrogen-bond acceptors (Lipinski definition) is 1. The fraction of sp³-hybridized carbons (Fsp3) is 0.364. The summed E-state index contributed by atoms with van der Waals surface area (Å²) in [6.45, 7) is 4.30. The molecule has 80 valence electrons. The van der Waals surface area contributed by atoms with Gasteiger partial charge in [0.1, 0.15) is 5.82 Å². The van der Waals surface area contributed by atoms with Crippen LogP contribution in [0, 0.1) is 3.57 Å². The highest BCUT2D eigenvalue weighted by Crippen LogP contribution is 2.23. The van der Waals surface area contributed by atoms with Gasteiger partial charge in [-0.25, -0.2) is 4.98 Å². The molecule has 4 heteroatoms. The van der Waals surface area contributed by atoms with Crippen molar-refractivity contribution in [1.29, 1.82) is 0 Å². The number of hydrogen-bond donors (Lipinski definition) is 0. The molecule has 0 amide bonds. The summed E-state index contributed by atoms with van der Waals surface area (Å²) in [5, 5.41) is 0. The zero-order valence-corrected chi connectivity index (χ0v) is 11.6. The van der Waals surface area contributed by atoms with Gasteiger partial charge in [0.05, 0.1) is 16.9 Å². The summed E-state index contributed by atoms with van der Waals surface area (Å²) in [6, 6.07) is 6.69. The largest absolute Gasteiger partial charge is 0.324 e. The van der Waals surface area contributed by atoms with E-state index in [1.54, 1.807) is 0 Å². The quantitative estimate of drug-likeness (QED) is 0.600. The maximum atomic E-state index is 5.90. The Labute approximate surface area is 108 Å². The summed E-state index contributed by atoms with van der Waals surface area (Å²) in [6.07, 6.45) is 0. The standard InChI is InChI=1S/C11H12ClIN2/c1-7(2)15-10-4-3-8(13)5-9(10)14-11(15)6-12/h3-5,7H,6H2,1-2H3. The first-order chi connectivity index (χ1) is 7.13. The summed E-state index contributed by atoms with van der Waals surface area (Å²) in [4.78, 5) is 4.54. The van der Waals surface area contributed by atoms with Gasteiger partial charge < -0.3 is 4.57 Å². The number of fused-ring (bicyclic) bond motifs is 1. The van der Waals surface area contributed by atoms with Crippen molar-refractivity contribution >= 4 is 45.2 Å². The van der Waals surface area contributed by atoms with Crippen LogP contribution in [0.5, 0.6) is 0 Å². The normalized spacial score (nSPS) is 11.5. The van der Waals surface area contributed by atoms with Crippen molar-refractivity contribution in [2.75, 3.05) is 0 Å². The maximum Gasteiger partial charge on any atom is 0.125 e. The Morgan fingerprint density at radius 3 is 2.80 bits per heavy atom. The third-order valence-electron chi connectivity index (χ3n) is 2.36. The molecule has 1 aromatic heterocycles. The van der Waals surface area contributed by atoms with Crippen molar-refractivity contribution < 1.29 is 0 Å². The van der Waals surface area contributed by atoms with Gasteiger partial charge in [-0.2, -0.15) is 0 Å². The van der Waals surface area contributed by atoms with E-state index in [-0.39, 0.29) is 0 Å². The van der Waals surface area contributed by atoms with Gasteiger partial charge in [-0.1, -0.05) is 0 Å². The molecular weight excluding hydrogens is 322 g/mol. The van der Waals surface area contributed by atoms with Crippen molar-refractivity contribution in [3.8, 4) is 0 Å². The van der Waals surface area contributed by atoms with E-state index in [9.17, 15) is 0 Å². The molecule has 0 N–H and O–H groups in total. The monoisotopic (exact) mass is 334 g/mol. The second-order valence-corrected chi connectivity index (χ2v) is 5.27. The molecule has 0 aliphatic rings. The first kappa shape index (κ1) is 11.2. The number of halogens is 2. The van der Waals surface area contributed by atoms with Crippen molar-refractivity contribution in [1.82, 2.24) is 9.55 Å². The lowest BCUT2D eigenvalue weighted by atomic mass is 10.3. The number of aromatic nitrogens is 2. The summed E-state index contributed by atoms with van der Waals surface area (Å²) in [7, 11) is 0. The molecule has 2 aromatic rings. The van der Waals surface area contributed by atoms with E-state index < -0.39 is 0 Å². The second kappa shape index (κ2) is 4.29. The highest BCUT2D eigenvalue weighted by molar-refractivity contribution is 14.1. The zero-order chi connectivity index (χ0) is 11.0. The van der Waals surface area contributed by atoms with E-state index in [1.807, 2.05) is 0 Å². The van der Waals surface area contributed by atoms with Crippen LogP contribution in [0.25, 0.3) is 11.0 Å². The number of nitrogens with zero attached hydrogens (tertiary/aromatic N) is 2. The Bertz CT molecular complexity index is 491. The molecule has 0 aliphatic carbocycles. The summed E-state index contributed by atoms with van der Waals surface area (Å²) < 4.78 is 3.40. The molecule has 1 aromatic carbocycles. The fourth-order valence-corrected chi connectivity index (χ4v) is 2.46. The molecule has 0 aliphatic heterocycles. The lowest BCUT2D eigenvalue weighted by Gasteiger charge is -2.11. The Balaban J connectivity index is 2.74. The summed E-state index contributed by atoms with van der Waals surface area (Å²) >= 11 is 8.20. The molecular formula is C11H12ClIN2. The molecule has 15 heavy (non-hydrogen) atoms. The van der Waals surface area contributed by atoms with Gasteiger partial charge in [-0.05, 0) is 54.6 Å². The van der Waals surface area contributed by atoms with Crippen LogP contribution in [0.1, 0.15) is 25.7 Å². The van der Waals surface area contributed by atoms with Gasteiger partial charge in [0.25, 0.3) is 0 Å². The molecule has 0 unspecified atom stereocenters. The predicted molar refractivity (Wildman–Crippen MR) is 72.4 cm³/mol. The molecule has 0 saturated heterocycles. The Morgan fingerprint density at radius 2 is 2.20 bits per heavy atom. The molecule has 0 radical (unpaired) electrons. The second-order valence-electron chi connectivity index (χ2n) is 3.76. The third kappa shape index (κ3) is 1.99. The molecule has 2 nitrogen and oxygen atoms in total. The van der Waals surface area contributed by atoms with Crippen LogP contribution in [0.15, 0.2) is 18.2 Å². The Kier molecular flexibility index (Phi) is 3.21. The molecule has 1 heterocycles. The van der Waals surface area contributed by atoms with E-state index in [0.717, 1.165) is 11.3 Å². The van der Waals surface area contributed by atoms with Gasteiger partial charge in [-0.15, -0.1) is 11.6 Å². The van der Waals surface area contributed by atoms with Crippen LogP contribution in [0.3, 0.4) is 0 Å². The number of rotatable bonds is 2. The van der Waals surface area contributed by atoms with Crippen LogP contribution >= 0.6 is 34.2 Å². The highest BCUT2D eigenvalue weighted by atomic mass is 127. The number of imidazole rings is 1. The highest BCUT2D eigenvalue weighted by Gasteiger charge is 2.12. The molecule has 0 saturated carbocycles. The summed E-state index contributed by atoms with van der Waals surface area (Å²) in [5.74, 6) is 1.41. The third-order valence-corrected chi connectivity index (χ3v) is 3.27. The Hall–Kier alpha value is -0.290. The summed E-state index contributed by atoms with van der Waals surface area (Å²) in [5.41, 5.74) is 2.20. The minimum absolute atomic E-state index is 0.392. The minimum atomic E-state index is 0.392. The van der Waals surface area contributed by atoms with E-state index >= 15 is 0 Å². The van der Waals surface area contributed by atoms with Crippen LogP contribution in [-0.2, 0) is 5.88 Å². The molecule has 0 spiro atoms. The van der Waals surface area contributed by atoms with Crippen LogP contribution in [0.2, 0.25) is 0 Å². The predicted octanol–water partition coefficient (Wildman–Crippen LogP) is 3.96. The number of alkyl halides is 1. The zero-order valence-electron chi connectivity index (χ0n) is 8.67. The van der Waals surface area contributed by atoms with E-state index in [2.05, 4.69) is 64.2 Å². The molecule has 0 fully saturated rings. The van der Waals surface area contributed by atoms with Gasteiger partial charge in [0, 0.05) is 9.61 Å². The molecule has 0 atom stereocenters. The van der Waals surface area contributed by atoms with Gasteiger partial charge >= 0.3 is 0 Å². The van der Waals surface area contributed by atoms with Crippen LogP contribution < -0.4 is 0 Å². The van der Waals surface area contributed by atoms with Crippen molar-refractivity contribution in [2.45, 2.75) is 25.8 Å². The van der Waals surface area contributed by atoms with Gasteiger partial charge in [-0.3, -0.25) is 0 Å².